The average molecular weight is 499 g/mol. The molecule has 1 nitrogen and oxygen atoms in total. The first-order valence-corrected chi connectivity index (χ1v) is 15.7. The molecular weight excluding hydrogens is 436 g/mol. The van der Waals surface area contributed by atoms with E-state index in [-0.39, 0.29) is 0 Å². The highest BCUT2D eigenvalue weighted by Gasteiger charge is 2.26. The third-order valence-corrected chi connectivity index (χ3v) is 8.18. The molecule has 1 heteroatoms. The summed E-state index contributed by atoms with van der Waals surface area (Å²) in [5.41, 5.74) is 6.13. The van der Waals surface area contributed by atoms with E-state index in [1.807, 2.05) is 0 Å². The van der Waals surface area contributed by atoms with Gasteiger partial charge in [0, 0.05) is 12.5 Å². The van der Waals surface area contributed by atoms with Gasteiger partial charge >= 0.3 is 0 Å². The molecule has 0 spiro atoms. The van der Waals surface area contributed by atoms with Gasteiger partial charge in [-0.2, -0.15) is 0 Å². The molecule has 36 heavy (non-hydrogen) atoms. The van der Waals surface area contributed by atoms with Crippen molar-refractivity contribution < 1.29 is 4.74 Å². The second-order valence-corrected chi connectivity index (χ2v) is 11.8. The van der Waals surface area contributed by atoms with Gasteiger partial charge in [0.25, 0.3) is 0 Å². The molecule has 0 amide bonds. The van der Waals surface area contributed by atoms with Gasteiger partial charge in [0.2, 0.25) is 0 Å². The van der Waals surface area contributed by atoms with Crippen LogP contribution in [0.3, 0.4) is 0 Å². The Labute approximate surface area is 226 Å². The molecular formula is C35H62O. The number of unbranched alkanes of at least 4 members (excludes halogenated alkanes) is 7. The van der Waals surface area contributed by atoms with Crippen LogP contribution in [0, 0.1) is 11.8 Å². The molecule has 0 aliphatic heterocycles. The second-order valence-electron chi connectivity index (χ2n) is 11.8. The molecule has 0 radical (unpaired) electrons. The van der Waals surface area contributed by atoms with E-state index < -0.39 is 0 Å². The Morgan fingerprint density at radius 3 is 2.22 bits per heavy atom. The summed E-state index contributed by atoms with van der Waals surface area (Å²) in [7, 11) is 0. The predicted octanol–water partition coefficient (Wildman–Crippen LogP) is 11.7. The normalized spacial score (nSPS) is 19.9. The van der Waals surface area contributed by atoms with Crippen LogP contribution in [0.2, 0.25) is 0 Å². The summed E-state index contributed by atoms with van der Waals surface area (Å²) in [4.78, 5) is 0. The van der Waals surface area contributed by atoms with Gasteiger partial charge in [0.15, 0.2) is 0 Å². The molecule has 0 fully saturated rings. The van der Waals surface area contributed by atoms with Crippen molar-refractivity contribution in [3.05, 3.63) is 46.6 Å². The van der Waals surface area contributed by atoms with Crippen molar-refractivity contribution >= 4 is 0 Å². The van der Waals surface area contributed by atoms with E-state index in [9.17, 15) is 0 Å². The molecule has 3 atom stereocenters. The summed E-state index contributed by atoms with van der Waals surface area (Å²) in [5.74, 6) is 1.27. The maximum atomic E-state index is 6.49. The number of ether oxygens (including phenoxy) is 1. The highest BCUT2D eigenvalue weighted by atomic mass is 16.5. The van der Waals surface area contributed by atoms with Crippen LogP contribution in [0.5, 0.6) is 0 Å². The first kappa shape index (κ1) is 32.9. The van der Waals surface area contributed by atoms with Gasteiger partial charge in [-0.1, -0.05) is 114 Å². The lowest BCUT2D eigenvalue weighted by Crippen LogP contribution is -2.28. The fraction of sp³-hybridized carbons (Fsp3) is 0.771. The smallest absolute Gasteiger partial charge is 0.0850 e. The summed E-state index contributed by atoms with van der Waals surface area (Å²) in [6.07, 6.45) is 30.6. The lowest BCUT2D eigenvalue weighted by molar-refractivity contribution is 0.0453. The Morgan fingerprint density at radius 2 is 1.47 bits per heavy atom. The van der Waals surface area contributed by atoms with Gasteiger partial charge < -0.3 is 4.74 Å². The third-order valence-electron chi connectivity index (χ3n) is 8.18. The monoisotopic (exact) mass is 498 g/mol. The zero-order valence-electron chi connectivity index (χ0n) is 25.5. The van der Waals surface area contributed by atoms with Crippen molar-refractivity contribution in [3.63, 3.8) is 0 Å². The maximum Gasteiger partial charge on any atom is 0.0850 e. The van der Waals surface area contributed by atoms with E-state index in [0.717, 1.165) is 12.5 Å². The highest BCUT2D eigenvalue weighted by molar-refractivity contribution is 5.29. The van der Waals surface area contributed by atoms with Crippen molar-refractivity contribution in [3.8, 4) is 0 Å². The predicted molar refractivity (Wildman–Crippen MR) is 163 cm³/mol. The van der Waals surface area contributed by atoms with Gasteiger partial charge in [-0.15, -0.1) is 0 Å². The van der Waals surface area contributed by atoms with E-state index >= 15 is 0 Å². The number of hydrogen-bond donors (Lipinski definition) is 0. The Kier molecular flexibility index (Phi) is 19.1. The SMILES string of the molecule is CCCCCCCCOC1C(CCC(C)CCC=C(C)CCC=C(C)CCCCC)=CC=C(C)C1C. The molecule has 0 saturated carbocycles. The fourth-order valence-corrected chi connectivity index (χ4v) is 5.19. The van der Waals surface area contributed by atoms with Gasteiger partial charge in [-0.05, 0) is 90.0 Å². The Hall–Kier alpha value is -1.08. The molecule has 1 rings (SSSR count). The largest absolute Gasteiger partial charge is 0.373 e. The molecule has 0 aromatic rings. The van der Waals surface area contributed by atoms with Gasteiger partial charge in [0.1, 0.15) is 0 Å². The molecule has 0 saturated heterocycles. The minimum absolute atomic E-state index is 0.290. The van der Waals surface area contributed by atoms with Crippen LogP contribution in [0.4, 0.5) is 0 Å². The van der Waals surface area contributed by atoms with Crippen LogP contribution in [-0.2, 0) is 4.74 Å². The van der Waals surface area contributed by atoms with Crippen LogP contribution in [0.1, 0.15) is 151 Å². The fourth-order valence-electron chi connectivity index (χ4n) is 5.19. The molecule has 208 valence electrons. The summed E-state index contributed by atoms with van der Waals surface area (Å²) in [5, 5.41) is 0. The third kappa shape index (κ3) is 15.2. The summed E-state index contributed by atoms with van der Waals surface area (Å²) in [6.45, 7) is 17.2. The quantitative estimate of drug-likeness (QED) is 0.113. The van der Waals surface area contributed by atoms with Crippen molar-refractivity contribution in [1.82, 2.24) is 0 Å². The molecule has 0 aromatic carbocycles. The number of rotatable bonds is 21. The molecule has 1 aliphatic rings. The topological polar surface area (TPSA) is 9.23 Å². The zero-order valence-corrected chi connectivity index (χ0v) is 25.5. The maximum absolute atomic E-state index is 6.49. The summed E-state index contributed by atoms with van der Waals surface area (Å²) < 4.78 is 6.49. The molecule has 0 N–H and O–H groups in total. The lowest BCUT2D eigenvalue weighted by atomic mass is 9.83. The molecule has 0 aromatic heterocycles. The van der Waals surface area contributed by atoms with Gasteiger partial charge in [0.05, 0.1) is 6.10 Å². The van der Waals surface area contributed by atoms with Crippen molar-refractivity contribution in [2.24, 2.45) is 11.8 Å². The van der Waals surface area contributed by atoms with E-state index in [1.165, 1.54) is 114 Å². The molecule has 0 heterocycles. The lowest BCUT2D eigenvalue weighted by Gasteiger charge is -2.31. The van der Waals surface area contributed by atoms with E-state index in [2.05, 4.69) is 72.8 Å². The first-order valence-electron chi connectivity index (χ1n) is 15.7. The van der Waals surface area contributed by atoms with Crippen molar-refractivity contribution in [2.75, 3.05) is 6.61 Å². The Morgan fingerprint density at radius 1 is 0.833 bits per heavy atom. The standard InChI is InChI=1S/C35H62O/c1-8-10-12-13-14-16-28-36-35-33(7)32(6)25-27-34(35)26-24-31(5)23-18-22-30(4)21-17-20-29(3)19-15-11-9-2/h20,22,25,27,31,33,35H,8-19,21,23-24,26,28H2,1-7H3. The summed E-state index contributed by atoms with van der Waals surface area (Å²) >= 11 is 0. The summed E-state index contributed by atoms with van der Waals surface area (Å²) in [6, 6.07) is 0. The Bertz CT molecular complexity index is 677. The minimum atomic E-state index is 0.290. The van der Waals surface area contributed by atoms with Crippen LogP contribution >= 0.6 is 0 Å². The van der Waals surface area contributed by atoms with Crippen LogP contribution in [-0.4, -0.2) is 12.7 Å². The van der Waals surface area contributed by atoms with E-state index in [0.29, 0.717) is 12.0 Å². The second kappa shape index (κ2) is 20.9. The highest BCUT2D eigenvalue weighted by Crippen LogP contribution is 2.32. The number of hydrogen-bond acceptors (Lipinski definition) is 1. The minimum Gasteiger partial charge on any atom is -0.373 e. The van der Waals surface area contributed by atoms with Crippen molar-refractivity contribution in [1.29, 1.82) is 0 Å². The molecule has 1 aliphatic carbocycles. The van der Waals surface area contributed by atoms with Crippen LogP contribution in [0.25, 0.3) is 0 Å². The Balaban J connectivity index is 2.35. The van der Waals surface area contributed by atoms with Crippen LogP contribution < -0.4 is 0 Å². The van der Waals surface area contributed by atoms with Gasteiger partial charge in [-0.25, -0.2) is 0 Å². The number of allylic oxidation sites excluding steroid dienone is 6. The molecule has 3 unspecified atom stereocenters. The molecule has 0 bridgehead atoms. The van der Waals surface area contributed by atoms with Gasteiger partial charge in [-0.3, -0.25) is 0 Å². The van der Waals surface area contributed by atoms with E-state index in [4.69, 9.17) is 4.74 Å². The first-order chi connectivity index (χ1) is 17.4. The van der Waals surface area contributed by atoms with Crippen LogP contribution in [0.15, 0.2) is 46.6 Å². The average Bonchev–Trinajstić information content (AvgIpc) is 2.85. The zero-order chi connectivity index (χ0) is 26.6. The van der Waals surface area contributed by atoms with Crippen molar-refractivity contribution in [2.45, 2.75) is 157 Å². The van der Waals surface area contributed by atoms with E-state index in [1.54, 1.807) is 11.1 Å².